The summed E-state index contributed by atoms with van der Waals surface area (Å²) in [6, 6.07) is 7.56. The first kappa shape index (κ1) is 21.3. The Morgan fingerprint density at radius 3 is 2.56 bits per heavy atom. The minimum atomic E-state index is -0.861. The number of anilines is 1. The molecule has 0 saturated carbocycles. The van der Waals surface area contributed by atoms with Gasteiger partial charge in [-0.3, -0.25) is 14.3 Å². The lowest BCUT2D eigenvalue weighted by Crippen LogP contribution is -2.30. The lowest BCUT2D eigenvalue weighted by atomic mass is 10.3. The van der Waals surface area contributed by atoms with Crippen LogP contribution in [0.2, 0.25) is 5.02 Å². The average molecular weight is 410 g/mol. The first-order valence-electron chi connectivity index (χ1n) is 8.67. The highest BCUT2D eigenvalue weighted by atomic mass is 35.5. The molecular weight excluding hydrogens is 386 g/mol. The van der Waals surface area contributed by atoms with Gasteiger partial charge in [0.25, 0.3) is 5.91 Å². The fraction of sp³-hybridized carbons (Fsp3) is 0.421. The standard InChI is InChI=1S/C19H24ClN3O3S/c1-12-18(13(2)23(4)22-12)21-19(25)14(3)26-17(24)6-5-11-27-16-9-7-15(20)8-10-16/h7-10,14H,5-6,11H2,1-4H3,(H,21,25)/t14-/m0/s1. The summed E-state index contributed by atoms with van der Waals surface area (Å²) in [6.07, 6.45) is 0.0742. The smallest absolute Gasteiger partial charge is 0.306 e. The van der Waals surface area contributed by atoms with Crippen LogP contribution >= 0.6 is 23.4 Å². The number of halogens is 1. The van der Waals surface area contributed by atoms with Gasteiger partial charge >= 0.3 is 5.97 Å². The molecule has 0 aliphatic rings. The topological polar surface area (TPSA) is 73.2 Å². The van der Waals surface area contributed by atoms with Crippen molar-refractivity contribution >= 4 is 40.9 Å². The number of hydrogen-bond acceptors (Lipinski definition) is 5. The van der Waals surface area contributed by atoms with Crippen LogP contribution in [0.3, 0.4) is 0 Å². The van der Waals surface area contributed by atoms with E-state index >= 15 is 0 Å². The van der Waals surface area contributed by atoms with Crippen LogP contribution in [0, 0.1) is 13.8 Å². The van der Waals surface area contributed by atoms with Crippen LogP contribution in [0.1, 0.15) is 31.2 Å². The summed E-state index contributed by atoms with van der Waals surface area (Å²) in [5, 5.41) is 7.73. The Morgan fingerprint density at radius 2 is 1.96 bits per heavy atom. The van der Waals surface area contributed by atoms with E-state index in [1.807, 2.05) is 45.2 Å². The fourth-order valence-corrected chi connectivity index (χ4v) is 3.41. The Hall–Kier alpha value is -1.99. The molecule has 1 heterocycles. The number of esters is 1. The lowest BCUT2D eigenvalue weighted by Gasteiger charge is -2.13. The molecule has 0 spiro atoms. The monoisotopic (exact) mass is 409 g/mol. The number of carbonyl (C=O) groups excluding carboxylic acids is 2. The zero-order chi connectivity index (χ0) is 20.0. The summed E-state index contributed by atoms with van der Waals surface area (Å²) >= 11 is 7.50. The van der Waals surface area contributed by atoms with Gasteiger partial charge < -0.3 is 10.1 Å². The first-order valence-corrected chi connectivity index (χ1v) is 10.0. The molecule has 1 atom stereocenters. The molecule has 2 aromatic rings. The second kappa shape index (κ2) is 9.80. The van der Waals surface area contributed by atoms with E-state index in [0.717, 1.165) is 22.0 Å². The number of benzene rings is 1. The molecule has 2 rings (SSSR count). The molecule has 0 radical (unpaired) electrons. The molecule has 6 nitrogen and oxygen atoms in total. The van der Waals surface area contributed by atoms with E-state index < -0.39 is 6.10 Å². The average Bonchev–Trinajstić information content (AvgIpc) is 2.86. The van der Waals surface area contributed by atoms with E-state index in [4.69, 9.17) is 16.3 Å². The Bertz CT molecular complexity index is 805. The van der Waals surface area contributed by atoms with Gasteiger partial charge in [0.1, 0.15) is 0 Å². The Balaban J connectivity index is 1.72. The molecule has 8 heteroatoms. The number of ether oxygens (including phenoxy) is 1. The van der Waals surface area contributed by atoms with Crippen LogP contribution in [0.5, 0.6) is 0 Å². The molecule has 146 valence electrons. The molecule has 1 aromatic carbocycles. The van der Waals surface area contributed by atoms with Crippen molar-refractivity contribution in [3.63, 3.8) is 0 Å². The van der Waals surface area contributed by atoms with Gasteiger partial charge in [0.2, 0.25) is 0 Å². The third-order valence-electron chi connectivity index (χ3n) is 4.04. The Labute approximate surface area is 168 Å². The molecule has 0 aliphatic carbocycles. The number of hydrogen-bond donors (Lipinski definition) is 1. The van der Waals surface area contributed by atoms with Gasteiger partial charge in [-0.1, -0.05) is 11.6 Å². The van der Waals surface area contributed by atoms with E-state index in [9.17, 15) is 9.59 Å². The molecule has 1 amide bonds. The lowest BCUT2D eigenvalue weighted by molar-refractivity contribution is -0.153. The van der Waals surface area contributed by atoms with Crippen molar-refractivity contribution in [2.75, 3.05) is 11.1 Å². The van der Waals surface area contributed by atoms with Crippen molar-refractivity contribution in [3.8, 4) is 0 Å². The Kier molecular flexibility index (Phi) is 7.74. The third kappa shape index (κ3) is 6.29. The zero-order valence-corrected chi connectivity index (χ0v) is 17.5. The quantitative estimate of drug-likeness (QED) is 0.403. The summed E-state index contributed by atoms with van der Waals surface area (Å²) in [7, 11) is 1.81. The number of carbonyl (C=O) groups is 2. The Morgan fingerprint density at radius 1 is 1.30 bits per heavy atom. The molecular formula is C19H24ClN3O3S. The first-order chi connectivity index (χ1) is 12.8. The van der Waals surface area contributed by atoms with Crippen LogP contribution in [-0.4, -0.2) is 33.5 Å². The highest BCUT2D eigenvalue weighted by molar-refractivity contribution is 7.99. The molecule has 0 fully saturated rings. The predicted molar refractivity (Wildman–Crippen MR) is 108 cm³/mol. The van der Waals surface area contributed by atoms with Crippen LogP contribution in [-0.2, 0) is 21.4 Å². The predicted octanol–water partition coefficient (Wildman–Crippen LogP) is 4.13. The maximum absolute atomic E-state index is 12.3. The summed E-state index contributed by atoms with van der Waals surface area (Å²) < 4.78 is 6.93. The van der Waals surface area contributed by atoms with Crippen molar-refractivity contribution in [3.05, 3.63) is 40.7 Å². The van der Waals surface area contributed by atoms with Gasteiger partial charge in [-0.2, -0.15) is 5.10 Å². The largest absolute Gasteiger partial charge is 0.453 e. The van der Waals surface area contributed by atoms with Crippen LogP contribution < -0.4 is 5.32 Å². The minimum Gasteiger partial charge on any atom is -0.453 e. The van der Waals surface area contributed by atoms with Crippen molar-refractivity contribution in [2.24, 2.45) is 7.05 Å². The van der Waals surface area contributed by atoms with Crippen LogP contribution in [0.15, 0.2) is 29.2 Å². The molecule has 0 aliphatic heterocycles. The maximum atomic E-state index is 12.3. The highest BCUT2D eigenvalue weighted by Gasteiger charge is 2.20. The number of nitrogens with one attached hydrogen (secondary N) is 1. The van der Waals surface area contributed by atoms with Gasteiger partial charge in [-0.15, -0.1) is 11.8 Å². The zero-order valence-electron chi connectivity index (χ0n) is 15.9. The normalized spacial score (nSPS) is 11.9. The van der Waals surface area contributed by atoms with Crippen molar-refractivity contribution in [2.45, 2.75) is 44.6 Å². The van der Waals surface area contributed by atoms with E-state index in [0.29, 0.717) is 17.1 Å². The number of aromatic nitrogens is 2. The second-order valence-corrected chi connectivity index (χ2v) is 7.80. The summed E-state index contributed by atoms with van der Waals surface area (Å²) in [4.78, 5) is 25.3. The number of thioether (sulfide) groups is 1. The minimum absolute atomic E-state index is 0.267. The number of rotatable bonds is 8. The van der Waals surface area contributed by atoms with Gasteiger partial charge in [0, 0.05) is 23.4 Å². The van der Waals surface area contributed by atoms with E-state index in [1.54, 1.807) is 23.4 Å². The SMILES string of the molecule is Cc1nn(C)c(C)c1NC(=O)[C@H](C)OC(=O)CCCSc1ccc(Cl)cc1. The molecule has 0 bridgehead atoms. The van der Waals surface area contributed by atoms with Gasteiger partial charge in [-0.25, -0.2) is 0 Å². The van der Waals surface area contributed by atoms with Gasteiger partial charge in [0.05, 0.1) is 17.1 Å². The van der Waals surface area contributed by atoms with Crippen molar-refractivity contribution < 1.29 is 14.3 Å². The van der Waals surface area contributed by atoms with Gasteiger partial charge in [0.15, 0.2) is 6.10 Å². The van der Waals surface area contributed by atoms with E-state index in [-0.39, 0.29) is 18.3 Å². The molecule has 0 unspecified atom stereocenters. The van der Waals surface area contributed by atoms with Crippen LogP contribution in [0.4, 0.5) is 5.69 Å². The summed E-state index contributed by atoms with van der Waals surface area (Å²) in [5.74, 6) is 0.0397. The number of amides is 1. The summed E-state index contributed by atoms with van der Waals surface area (Å²) in [5.41, 5.74) is 2.23. The summed E-state index contributed by atoms with van der Waals surface area (Å²) in [6.45, 7) is 5.25. The molecule has 1 aromatic heterocycles. The van der Waals surface area contributed by atoms with Gasteiger partial charge in [-0.05, 0) is 57.2 Å². The second-order valence-electron chi connectivity index (χ2n) is 6.20. The van der Waals surface area contributed by atoms with E-state index in [1.165, 1.54) is 0 Å². The van der Waals surface area contributed by atoms with E-state index in [2.05, 4.69) is 10.4 Å². The van der Waals surface area contributed by atoms with Crippen molar-refractivity contribution in [1.82, 2.24) is 9.78 Å². The highest BCUT2D eigenvalue weighted by Crippen LogP contribution is 2.22. The van der Waals surface area contributed by atoms with Crippen LogP contribution in [0.25, 0.3) is 0 Å². The number of nitrogens with zero attached hydrogens (tertiary/aromatic N) is 2. The molecule has 0 saturated heterocycles. The third-order valence-corrected chi connectivity index (χ3v) is 5.39. The maximum Gasteiger partial charge on any atom is 0.306 e. The molecule has 1 N–H and O–H groups in total. The van der Waals surface area contributed by atoms with Crippen molar-refractivity contribution in [1.29, 1.82) is 0 Å². The fourth-order valence-electron chi connectivity index (χ4n) is 2.43. The number of aryl methyl sites for hydroxylation is 2. The molecule has 27 heavy (non-hydrogen) atoms.